The van der Waals surface area contributed by atoms with Gasteiger partial charge in [0, 0.05) is 26.0 Å². The molecule has 0 spiro atoms. The summed E-state index contributed by atoms with van der Waals surface area (Å²) in [4.78, 5) is 12.4. The Morgan fingerprint density at radius 2 is 2.31 bits per heavy atom. The Morgan fingerprint density at radius 1 is 1.54 bits per heavy atom. The summed E-state index contributed by atoms with van der Waals surface area (Å²) in [6.07, 6.45) is 4.61. The molecular weight excluding hydrogens is 171 g/mol. The minimum absolute atomic E-state index is 0.156. The highest BCUT2D eigenvalue weighted by atomic mass is 19.1. The Labute approximate surface area is 77.6 Å². The van der Waals surface area contributed by atoms with Crippen LogP contribution in [-0.2, 0) is 4.79 Å². The van der Waals surface area contributed by atoms with Crippen molar-refractivity contribution in [1.29, 1.82) is 0 Å². The molecule has 0 radical (unpaired) electrons. The molecule has 0 saturated carbocycles. The molecule has 1 N–H and O–H groups in total. The summed E-state index contributed by atoms with van der Waals surface area (Å²) in [7, 11) is 1.77. The molecule has 0 bridgehead atoms. The maximum absolute atomic E-state index is 13.0. The Kier molecular flexibility index (Phi) is 3.73. The summed E-state index contributed by atoms with van der Waals surface area (Å²) in [5.41, 5.74) is 0. The van der Waals surface area contributed by atoms with E-state index in [0.29, 0.717) is 19.4 Å². The Morgan fingerprint density at radius 3 is 2.92 bits per heavy atom. The van der Waals surface area contributed by atoms with Crippen molar-refractivity contribution >= 4 is 6.29 Å². The molecule has 0 amide bonds. The topological polar surface area (TPSA) is 32.3 Å². The summed E-state index contributed by atoms with van der Waals surface area (Å²) in [6, 6.07) is -0.156. The molecule has 4 heteroatoms. The molecule has 2 atom stereocenters. The molecule has 1 rings (SSSR count). The first-order chi connectivity index (χ1) is 6.27. The zero-order valence-corrected chi connectivity index (χ0v) is 7.74. The molecule has 0 aromatic carbocycles. The number of nitrogens with zero attached hydrogens (tertiary/aromatic N) is 1. The number of likely N-dealkylation sites (tertiary alicyclic amines) is 1. The fraction of sp³-hybridized carbons (Fsp3) is 0.667. The van der Waals surface area contributed by atoms with Gasteiger partial charge in [-0.1, -0.05) is 0 Å². The minimum Gasteiger partial charge on any atom is -0.393 e. The van der Waals surface area contributed by atoms with E-state index in [1.807, 2.05) is 0 Å². The molecule has 1 heterocycles. The van der Waals surface area contributed by atoms with Crippen molar-refractivity contribution in [2.24, 2.45) is 0 Å². The van der Waals surface area contributed by atoms with Crippen molar-refractivity contribution in [3.8, 4) is 0 Å². The van der Waals surface area contributed by atoms with E-state index in [1.54, 1.807) is 24.3 Å². The average molecular weight is 186 g/mol. The number of carbonyl (C=O) groups excluding carboxylic acids is 1. The summed E-state index contributed by atoms with van der Waals surface area (Å²) < 4.78 is 13.0. The van der Waals surface area contributed by atoms with Crippen molar-refractivity contribution in [3.05, 3.63) is 12.4 Å². The quantitative estimate of drug-likeness (QED) is 0.658. The third-order valence-electron chi connectivity index (χ3n) is 2.20. The summed E-state index contributed by atoms with van der Waals surface area (Å²) in [5, 5.41) is 2.81. The minimum atomic E-state index is -0.808. The van der Waals surface area contributed by atoms with Crippen LogP contribution in [0.25, 0.3) is 0 Å². The van der Waals surface area contributed by atoms with Crippen LogP contribution in [0.15, 0.2) is 12.4 Å². The van der Waals surface area contributed by atoms with E-state index in [1.165, 1.54) is 0 Å². The van der Waals surface area contributed by atoms with E-state index >= 15 is 0 Å². The number of halogens is 1. The third kappa shape index (κ3) is 2.72. The average Bonchev–Trinajstić information content (AvgIpc) is 2.15. The number of piperidine rings is 1. The van der Waals surface area contributed by atoms with E-state index in [0.717, 1.165) is 6.29 Å². The maximum Gasteiger partial charge on any atom is 0.142 e. The van der Waals surface area contributed by atoms with Crippen LogP contribution in [0.5, 0.6) is 0 Å². The highest BCUT2D eigenvalue weighted by Crippen LogP contribution is 2.18. The standard InChI is InChI=1S/C9H15FN2O/c1-11-4-5-12-6-8(10)2-3-9(12)7-13/h4-5,7-9,11H,2-3,6H2,1H3/b5-4-/t8?,9-/m0/s1. The molecule has 1 fully saturated rings. The first-order valence-electron chi connectivity index (χ1n) is 4.47. The maximum atomic E-state index is 13.0. The van der Waals surface area contributed by atoms with Crippen molar-refractivity contribution in [2.45, 2.75) is 25.1 Å². The van der Waals surface area contributed by atoms with Gasteiger partial charge in [-0.05, 0) is 12.8 Å². The molecule has 74 valence electrons. The van der Waals surface area contributed by atoms with Crippen molar-refractivity contribution in [1.82, 2.24) is 10.2 Å². The fourth-order valence-electron chi connectivity index (χ4n) is 1.46. The second kappa shape index (κ2) is 4.84. The normalized spacial score (nSPS) is 29.2. The molecule has 0 aromatic heterocycles. The first-order valence-corrected chi connectivity index (χ1v) is 4.47. The Bertz CT molecular complexity index is 196. The number of hydrogen-bond acceptors (Lipinski definition) is 3. The number of rotatable bonds is 3. The molecule has 1 aliphatic heterocycles. The number of nitrogens with one attached hydrogen (secondary N) is 1. The van der Waals surface area contributed by atoms with Gasteiger partial charge in [0.2, 0.25) is 0 Å². The predicted octanol–water partition coefficient (Wildman–Crippen LogP) is 0.678. The predicted molar refractivity (Wildman–Crippen MR) is 48.9 cm³/mol. The first kappa shape index (κ1) is 10.0. The van der Waals surface area contributed by atoms with Gasteiger partial charge in [-0.15, -0.1) is 0 Å². The highest BCUT2D eigenvalue weighted by molar-refractivity contribution is 5.58. The molecular formula is C9H15FN2O. The summed E-state index contributed by atoms with van der Waals surface area (Å²) in [6.45, 7) is 0.321. The van der Waals surface area contributed by atoms with Crippen LogP contribution in [-0.4, -0.2) is 37.0 Å². The van der Waals surface area contributed by atoms with Crippen molar-refractivity contribution in [2.75, 3.05) is 13.6 Å². The van der Waals surface area contributed by atoms with Crippen molar-refractivity contribution < 1.29 is 9.18 Å². The fourth-order valence-corrected chi connectivity index (χ4v) is 1.46. The van der Waals surface area contributed by atoms with Crippen molar-refractivity contribution in [3.63, 3.8) is 0 Å². The van der Waals surface area contributed by atoms with Gasteiger partial charge in [0.1, 0.15) is 12.5 Å². The molecule has 1 aliphatic rings. The lowest BCUT2D eigenvalue weighted by Crippen LogP contribution is -2.41. The molecule has 1 saturated heterocycles. The van der Waals surface area contributed by atoms with Gasteiger partial charge in [-0.25, -0.2) is 4.39 Å². The van der Waals surface area contributed by atoms with E-state index in [2.05, 4.69) is 5.32 Å². The molecule has 1 unspecified atom stereocenters. The lowest BCUT2D eigenvalue weighted by atomic mass is 10.0. The second-order valence-electron chi connectivity index (χ2n) is 3.18. The van der Waals surface area contributed by atoms with Crippen LogP contribution in [0.3, 0.4) is 0 Å². The number of alkyl halides is 1. The van der Waals surface area contributed by atoms with Crippen LogP contribution in [0, 0.1) is 0 Å². The highest BCUT2D eigenvalue weighted by Gasteiger charge is 2.25. The summed E-state index contributed by atoms with van der Waals surface area (Å²) >= 11 is 0. The lowest BCUT2D eigenvalue weighted by molar-refractivity contribution is -0.113. The zero-order valence-electron chi connectivity index (χ0n) is 7.74. The summed E-state index contributed by atoms with van der Waals surface area (Å²) in [5.74, 6) is 0. The van der Waals surface area contributed by atoms with Gasteiger partial charge >= 0.3 is 0 Å². The van der Waals surface area contributed by atoms with E-state index in [9.17, 15) is 9.18 Å². The van der Waals surface area contributed by atoms with Gasteiger partial charge in [0.05, 0.1) is 6.04 Å². The molecule has 0 aromatic rings. The van der Waals surface area contributed by atoms with Crippen LogP contribution in [0.1, 0.15) is 12.8 Å². The van der Waals surface area contributed by atoms with Crippen LogP contribution >= 0.6 is 0 Å². The monoisotopic (exact) mass is 186 g/mol. The Balaban J connectivity index is 2.54. The van der Waals surface area contributed by atoms with Crippen LogP contribution < -0.4 is 5.32 Å². The van der Waals surface area contributed by atoms with Gasteiger partial charge < -0.3 is 15.0 Å². The van der Waals surface area contributed by atoms with E-state index in [-0.39, 0.29) is 6.04 Å². The van der Waals surface area contributed by atoms with Gasteiger partial charge in [0.25, 0.3) is 0 Å². The number of aldehydes is 1. The van der Waals surface area contributed by atoms with Gasteiger partial charge in [-0.2, -0.15) is 0 Å². The molecule has 0 aliphatic carbocycles. The van der Waals surface area contributed by atoms with Crippen LogP contribution in [0.4, 0.5) is 4.39 Å². The van der Waals surface area contributed by atoms with Crippen LogP contribution in [0.2, 0.25) is 0 Å². The zero-order chi connectivity index (χ0) is 9.68. The lowest BCUT2D eigenvalue weighted by Gasteiger charge is -2.32. The molecule has 13 heavy (non-hydrogen) atoms. The second-order valence-corrected chi connectivity index (χ2v) is 3.18. The third-order valence-corrected chi connectivity index (χ3v) is 2.20. The largest absolute Gasteiger partial charge is 0.393 e. The SMILES string of the molecule is CN/C=C\N1CC(F)CC[C@H]1C=O. The van der Waals surface area contributed by atoms with Gasteiger partial charge in [0.15, 0.2) is 0 Å². The number of hydrogen-bond donors (Lipinski definition) is 1. The van der Waals surface area contributed by atoms with E-state index < -0.39 is 6.17 Å². The Hall–Kier alpha value is -1.06. The smallest absolute Gasteiger partial charge is 0.142 e. The number of carbonyl (C=O) groups is 1. The molecule has 3 nitrogen and oxygen atoms in total. The van der Waals surface area contributed by atoms with E-state index in [4.69, 9.17) is 0 Å². The van der Waals surface area contributed by atoms with Gasteiger partial charge in [-0.3, -0.25) is 0 Å².